The molecule has 29 heavy (non-hydrogen) atoms. The summed E-state index contributed by atoms with van der Waals surface area (Å²) in [6.07, 6.45) is 6.70. The standard InChI is InChI=1S/C20H27N3O5S/c21-18(25)20-13-15(20)9-5-3-1-2-4-6-11-22-17(24)14-8-7-10-16(12-14)29(27,28)23-19(20)26/h7-8,10,12,15H,1-6,9,11,13H2,(H2,21,25)(H,22,24)(H,23,26)/t15-,20-/m1/s1. The van der Waals surface area contributed by atoms with Gasteiger partial charge in [-0.1, -0.05) is 38.2 Å². The van der Waals surface area contributed by atoms with Crippen molar-refractivity contribution in [3.63, 3.8) is 0 Å². The zero-order chi connectivity index (χ0) is 21.1. The summed E-state index contributed by atoms with van der Waals surface area (Å²) >= 11 is 0. The van der Waals surface area contributed by atoms with Gasteiger partial charge in [0.05, 0.1) is 4.90 Å². The highest BCUT2D eigenvalue weighted by atomic mass is 32.2. The Morgan fingerprint density at radius 2 is 1.76 bits per heavy atom. The number of primary amides is 1. The van der Waals surface area contributed by atoms with Crippen LogP contribution in [0.3, 0.4) is 0 Å². The minimum Gasteiger partial charge on any atom is -0.369 e. The topological polar surface area (TPSA) is 135 Å². The SMILES string of the molecule is NC(=O)[C@@]12C[C@H]1CCCCCCCCNC(=O)c1cccc(c1)S(=O)(=O)NC2=O. The van der Waals surface area contributed by atoms with E-state index in [2.05, 4.69) is 5.32 Å². The Labute approximate surface area is 170 Å². The number of amides is 3. The normalized spacial score (nSPS) is 28.1. The highest BCUT2D eigenvalue weighted by Crippen LogP contribution is 2.55. The van der Waals surface area contributed by atoms with Gasteiger partial charge in [-0.05, 0) is 43.4 Å². The molecule has 2 atom stereocenters. The third-order valence-electron chi connectivity index (χ3n) is 5.85. The van der Waals surface area contributed by atoms with E-state index >= 15 is 0 Å². The van der Waals surface area contributed by atoms with Crippen LogP contribution in [0.1, 0.15) is 61.7 Å². The van der Waals surface area contributed by atoms with Gasteiger partial charge in [0, 0.05) is 12.1 Å². The van der Waals surface area contributed by atoms with Crippen LogP contribution < -0.4 is 15.8 Å². The van der Waals surface area contributed by atoms with Gasteiger partial charge in [0.2, 0.25) is 11.8 Å². The summed E-state index contributed by atoms with van der Waals surface area (Å²) in [5.74, 6) is -2.28. The number of rotatable bonds is 1. The second-order valence-electron chi connectivity index (χ2n) is 7.87. The van der Waals surface area contributed by atoms with Crippen LogP contribution >= 0.6 is 0 Å². The first-order chi connectivity index (χ1) is 13.8. The Morgan fingerprint density at radius 1 is 1.07 bits per heavy atom. The van der Waals surface area contributed by atoms with Crippen LogP contribution in [-0.4, -0.2) is 32.7 Å². The Hall–Kier alpha value is -2.42. The van der Waals surface area contributed by atoms with Crippen molar-refractivity contribution in [2.24, 2.45) is 17.1 Å². The number of nitrogens with one attached hydrogen (secondary N) is 2. The van der Waals surface area contributed by atoms with Gasteiger partial charge in [0.1, 0.15) is 5.41 Å². The molecular formula is C20H27N3O5S. The fraction of sp³-hybridized carbons (Fsp3) is 0.550. The Morgan fingerprint density at radius 3 is 2.48 bits per heavy atom. The summed E-state index contributed by atoms with van der Waals surface area (Å²) < 4.78 is 27.4. The number of benzene rings is 1. The molecule has 2 aliphatic rings. The van der Waals surface area contributed by atoms with Crippen molar-refractivity contribution >= 4 is 27.7 Å². The van der Waals surface area contributed by atoms with E-state index in [1.165, 1.54) is 24.3 Å². The molecule has 4 N–H and O–H groups in total. The van der Waals surface area contributed by atoms with Crippen LogP contribution in [0.15, 0.2) is 29.2 Å². The number of sulfonamides is 1. The molecule has 0 aromatic heterocycles. The Balaban J connectivity index is 1.86. The summed E-state index contributed by atoms with van der Waals surface area (Å²) in [5.41, 5.74) is 4.20. The highest BCUT2D eigenvalue weighted by Gasteiger charge is 2.64. The number of carbonyl (C=O) groups is 3. The number of fused-ring (bicyclic) bond motifs is 3. The Kier molecular flexibility index (Phi) is 6.26. The monoisotopic (exact) mass is 421 g/mol. The van der Waals surface area contributed by atoms with E-state index in [1.807, 2.05) is 4.72 Å². The first-order valence-electron chi connectivity index (χ1n) is 10.0. The van der Waals surface area contributed by atoms with E-state index in [0.717, 1.165) is 38.5 Å². The van der Waals surface area contributed by atoms with Gasteiger partial charge in [-0.2, -0.15) is 0 Å². The van der Waals surface area contributed by atoms with E-state index in [4.69, 9.17) is 5.73 Å². The van der Waals surface area contributed by atoms with Crippen LogP contribution in [0.5, 0.6) is 0 Å². The number of carbonyl (C=O) groups excluding carboxylic acids is 3. The molecule has 1 heterocycles. The summed E-state index contributed by atoms with van der Waals surface area (Å²) in [5, 5.41) is 2.78. The first kappa shape index (κ1) is 21.3. The summed E-state index contributed by atoms with van der Waals surface area (Å²) in [6, 6.07) is 5.47. The number of hydrogen-bond donors (Lipinski definition) is 3. The molecule has 0 spiro atoms. The lowest BCUT2D eigenvalue weighted by Gasteiger charge is -2.15. The molecule has 3 rings (SSSR count). The molecule has 0 unspecified atom stereocenters. The van der Waals surface area contributed by atoms with Crippen molar-refractivity contribution in [2.75, 3.05) is 6.54 Å². The molecule has 1 fully saturated rings. The molecule has 0 radical (unpaired) electrons. The van der Waals surface area contributed by atoms with Crippen molar-refractivity contribution in [1.82, 2.24) is 10.0 Å². The molecule has 1 aliphatic heterocycles. The summed E-state index contributed by atoms with van der Waals surface area (Å²) in [6.45, 7) is 0.524. The van der Waals surface area contributed by atoms with Crippen LogP contribution in [-0.2, 0) is 19.6 Å². The lowest BCUT2D eigenvalue weighted by molar-refractivity contribution is -0.135. The van der Waals surface area contributed by atoms with Crippen molar-refractivity contribution < 1.29 is 22.8 Å². The molecule has 0 saturated heterocycles. The van der Waals surface area contributed by atoms with E-state index in [0.29, 0.717) is 13.0 Å². The van der Waals surface area contributed by atoms with E-state index in [9.17, 15) is 22.8 Å². The molecule has 158 valence electrons. The minimum atomic E-state index is -4.24. The maximum absolute atomic E-state index is 12.7. The molecule has 8 nitrogen and oxygen atoms in total. The fourth-order valence-corrected chi connectivity index (χ4v) is 5.06. The highest BCUT2D eigenvalue weighted by molar-refractivity contribution is 7.90. The largest absolute Gasteiger partial charge is 0.369 e. The van der Waals surface area contributed by atoms with Gasteiger partial charge in [-0.15, -0.1) is 0 Å². The van der Waals surface area contributed by atoms with Crippen molar-refractivity contribution in [3.8, 4) is 0 Å². The zero-order valence-corrected chi connectivity index (χ0v) is 17.1. The van der Waals surface area contributed by atoms with Crippen molar-refractivity contribution in [1.29, 1.82) is 0 Å². The lowest BCUT2D eigenvalue weighted by Crippen LogP contribution is -2.44. The Bertz CT molecular complexity index is 914. The van der Waals surface area contributed by atoms with Crippen molar-refractivity contribution in [3.05, 3.63) is 29.8 Å². The number of nitrogens with two attached hydrogens (primary N) is 1. The first-order valence-corrected chi connectivity index (χ1v) is 11.5. The van der Waals surface area contributed by atoms with Gasteiger partial charge < -0.3 is 11.1 Å². The van der Waals surface area contributed by atoms with Crippen molar-refractivity contribution in [2.45, 2.75) is 56.3 Å². The number of hydrogen-bond acceptors (Lipinski definition) is 5. The average molecular weight is 422 g/mol. The molecule has 1 aliphatic carbocycles. The molecule has 1 saturated carbocycles. The van der Waals surface area contributed by atoms with Gasteiger partial charge >= 0.3 is 0 Å². The molecule has 1 aromatic carbocycles. The summed E-state index contributed by atoms with van der Waals surface area (Å²) in [4.78, 5) is 36.8. The molecule has 1 aromatic rings. The summed E-state index contributed by atoms with van der Waals surface area (Å²) in [7, 11) is -4.24. The van der Waals surface area contributed by atoms with Crippen LogP contribution in [0, 0.1) is 11.3 Å². The van der Waals surface area contributed by atoms with Gasteiger partial charge in [0.25, 0.3) is 15.9 Å². The van der Waals surface area contributed by atoms with Gasteiger partial charge in [-0.25, -0.2) is 13.1 Å². The van der Waals surface area contributed by atoms with Crippen LogP contribution in [0.2, 0.25) is 0 Å². The molecule has 2 bridgehead atoms. The maximum atomic E-state index is 12.7. The van der Waals surface area contributed by atoms with Gasteiger partial charge in [0.15, 0.2) is 0 Å². The average Bonchev–Trinajstić information content (AvgIpc) is 3.41. The molecule has 3 amide bonds. The quantitative estimate of drug-likeness (QED) is 0.590. The fourth-order valence-electron chi connectivity index (χ4n) is 3.97. The third-order valence-corrected chi connectivity index (χ3v) is 7.18. The van der Waals surface area contributed by atoms with Crippen LogP contribution in [0.25, 0.3) is 0 Å². The molecule has 9 heteroatoms. The second-order valence-corrected chi connectivity index (χ2v) is 9.55. The predicted octanol–water partition coefficient (Wildman–Crippen LogP) is 1.46. The minimum absolute atomic E-state index is 0.190. The smallest absolute Gasteiger partial charge is 0.264 e. The van der Waals surface area contributed by atoms with Crippen LogP contribution in [0.4, 0.5) is 0 Å². The van der Waals surface area contributed by atoms with E-state index in [1.54, 1.807) is 0 Å². The van der Waals surface area contributed by atoms with E-state index < -0.39 is 27.3 Å². The third kappa shape index (κ3) is 4.60. The second kappa shape index (κ2) is 8.52. The van der Waals surface area contributed by atoms with E-state index in [-0.39, 0.29) is 28.7 Å². The molecular weight excluding hydrogens is 394 g/mol. The predicted molar refractivity (Wildman–Crippen MR) is 106 cm³/mol. The lowest BCUT2D eigenvalue weighted by atomic mass is 9.98. The maximum Gasteiger partial charge on any atom is 0.264 e. The van der Waals surface area contributed by atoms with Gasteiger partial charge in [-0.3, -0.25) is 14.4 Å². The zero-order valence-electron chi connectivity index (χ0n) is 16.3.